The zero-order chi connectivity index (χ0) is 15.6. The molecule has 4 nitrogen and oxygen atoms in total. The van der Waals surface area contributed by atoms with Crippen LogP contribution in [-0.4, -0.2) is 16.8 Å². The van der Waals surface area contributed by atoms with Gasteiger partial charge in [0, 0.05) is 10.7 Å². The maximum atomic E-state index is 5.36. The first-order valence-corrected chi connectivity index (χ1v) is 8.55. The van der Waals surface area contributed by atoms with Gasteiger partial charge in [-0.05, 0) is 45.8 Å². The van der Waals surface area contributed by atoms with Gasteiger partial charge in [0.05, 0.1) is 0 Å². The van der Waals surface area contributed by atoms with E-state index in [1.807, 2.05) is 48.6 Å². The number of hydrogen-bond donors (Lipinski definition) is 0. The summed E-state index contributed by atoms with van der Waals surface area (Å²) in [6, 6.07) is 7.85. The van der Waals surface area contributed by atoms with Crippen molar-refractivity contribution in [2.24, 2.45) is 0 Å². The summed E-state index contributed by atoms with van der Waals surface area (Å²) < 4.78 is 11.6. The van der Waals surface area contributed by atoms with E-state index in [0.29, 0.717) is 6.79 Å². The fourth-order valence-corrected chi connectivity index (χ4v) is 3.33. The molecule has 6 heteroatoms. The van der Waals surface area contributed by atoms with Gasteiger partial charge in [-0.1, -0.05) is 35.6 Å². The van der Waals surface area contributed by atoms with Crippen molar-refractivity contribution in [2.75, 3.05) is 6.79 Å². The number of nitrogens with zero attached hydrogens (tertiary/aromatic N) is 2. The summed E-state index contributed by atoms with van der Waals surface area (Å²) in [5, 5.41) is 0.931. The van der Waals surface area contributed by atoms with Crippen LogP contribution in [0.2, 0.25) is 0 Å². The van der Waals surface area contributed by atoms with Crippen molar-refractivity contribution in [3.8, 4) is 11.5 Å². The van der Waals surface area contributed by atoms with E-state index in [2.05, 4.69) is 25.9 Å². The van der Waals surface area contributed by atoms with Crippen LogP contribution in [-0.2, 0) is 0 Å². The lowest BCUT2D eigenvalue weighted by Gasteiger charge is -1.96. The van der Waals surface area contributed by atoms with Crippen LogP contribution in [0.4, 0.5) is 0 Å². The summed E-state index contributed by atoms with van der Waals surface area (Å²) >= 11 is 4.97. The predicted molar refractivity (Wildman–Crippen MR) is 95.7 cm³/mol. The molecule has 3 heterocycles. The molecule has 0 radical (unpaired) electrons. The van der Waals surface area contributed by atoms with E-state index in [9.17, 15) is 0 Å². The van der Waals surface area contributed by atoms with Gasteiger partial charge in [-0.2, -0.15) is 0 Å². The summed E-state index contributed by atoms with van der Waals surface area (Å²) in [4.78, 5) is 9.81. The highest BCUT2D eigenvalue weighted by Gasteiger charge is 2.11. The second-order valence-corrected chi connectivity index (χ2v) is 6.79. The first-order valence-electron chi connectivity index (χ1n) is 6.94. The average molecular weight is 387 g/mol. The maximum absolute atomic E-state index is 5.36. The van der Waals surface area contributed by atoms with E-state index in [0.717, 1.165) is 36.9 Å². The highest BCUT2D eigenvalue weighted by molar-refractivity contribution is 9.10. The predicted octanol–water partition coefficient (Wildman–Crippen LogP) is 4.91. The van der Waals surface area contributed by atoms with Crippen LogP contribution in [0.5, 0.6) is 11.5 Å². The largest absolute Gasteiger partial charge is 0.454 e. The lowest BCUT2D eigenvalue weighted by Crippen LogP contribution is -1.92. The highest BCUT2D eigenvalue weighted by Crippen LogP contribution is 2.32. The van der Waals surface area contributed by atoms with Gasteiger partial charge in [0.2, 0.25) is 6.79 Å². The van der Waals surface area contributed by atoms with Gasteiger partial charge >= 0.3 is 0 Å². The molecule has 4 rings (SSSR count). The molecule has 0 fully saturated rings. The fraction of sp³-hybridized carbons (Fsp3) is 0.0588. The second kappa shape index (κ2) is 6.14. The molecule has 0 amide bonds. The van der Waals surface area contributed by atoms with Gasteiger partial charge in [-0.15, -0.1) is 0 Å². The van der Waals surface area contributed by atoms with Crippen LogP contribution in [0.3, 0.4) is 0 Å². The SMILES string of the molecule is Brc1cnc2sc(/C=C/C=C/c3ccc4c(c3)OCO4)nc2c1. The number of thiazole rings is 1. The molecule has 0 saturated carbocycles. The van der Waals surface area contributed by atoms with Crippen LogP contribution >= 0.6 is 27.3 Å². The molecule has 0 unspecified atom stereocenters. The summed E-state index contributed by atoms with van der Waals surface area (Å²) in [5.74, 6) is 1.59. The molecule has 1 aliphatic rings. The van der Waals surface area contributed by atoms with Crippen LogP contribution < -0.4 is 9.47 Å². The number of rotatable bonds is 3. The molecule has 0 spiro atoms. The van der Waals surface area contributed by atoms with Crippen molar-refractivity contribution < 1.29 is 9.47 Å². The molecule has 3 aromatic rings. The van der Waals surface area contributed by atoms with E-state index < -0.39 is 0 Å². The van der Waals surface area contributed by atoms with Crippen molar-refractivity contribution in [2.45, 2.75) is 0 Å². The van der Waals surface area contributed by atoms with E-state index in [4.69, 9.17) is 9.47 Å². The zero-order valence-electron chi connectivity index (χ0n) is 11.9. The first-order chi connectivity index (χ1) is 11.3. The average Bonchev–Trinajstić information content (AvgIpc) is 3.16. The Morgan fingerprint density at radius 2 is 1.96 bits per heavy atom. The van der Waals surface area contributed by atoms with Gasteiger partial charge in [-0.3, -0.25) is 0 Å². The van der Waals surface area contributed by atoms with E-state index in [-0.39, 0.29) is 0 Å². The van der Waals surface area contributed by atoms with Crippen molar-refractivity contribution in [3.05, 3.63) is 57.7 Å². The Morgan fingerprint density at radius 3 is 2.91 bits per heavy atom. The van der Waals surface area contributed by atoms with Crippen molar-refractivity contribution in [1.82, 2.24) is 9.97 Å². The quantitative estimate of drug-likeness (QED) is 0.599. The fourth-order valence-electron chi connectivity index (χ4n) is 2.21. The Kier molecular flexibility index (Phi) is 3.85. The minimum absolute atomic E-state index is 0.296. The molecular formula is C17H11BrN2O2S. The van der Waals surface area contributed by atoms with Crippen LogP contribution in [0.25, 0.3) is 22.5 Å². The second-order valence-electron chi connectivity index (χ2n) is 4.86. The topological polar surface area (TPSA) is 44.2 Å². The molecule has 0 saturated heterocycles. The lowest BCUT2D eigenvalue weighted by molar-refractivity contribution is 0.174. The molecule has 0 N–H and O–H groups in total. The molecule has 0 atom stereocenters. The number of benzene rings is 1. The number of hydrogen-bond acceptors (Lipinski definition) is 5. The number of aromatic nitrogens is 2. The Balaban J connectivity index is 1.49. The van der Waals surface area contributed by atoms with Gasteiger partial charge in [-0.25, -0.2) is 9.97 Å². The normalized spacial score (nSPS) is 13.6. The van der Waals surface area contributed by atoms with E-state index >= 15 is 0 Å². The van der Waals surface area contributed by atoms with Crippen LogP contribution in [0, 0.1) is 0 Å². The van der Waals surface area contributed by atoms with Gasteiger partial charge in [0.1, 0.15) is 15.4 Å². The molecule has 114 valence electrons. The van der Waals surface area contributed by atoms with E-state index in [1.54, 1.807) is 17.5 Å². The number of ether oxygens (including phenoxy) is 2. The highest BCUT2D eigenvalue weighted by atomic mass is 79.9. The molecular weight excluding hydrogens is 376 g/mol. The summed E-state index contributed by atoms with van der Waals surface area (Å²) in [6.07, 6.45) is 9.72. The van der Waals surface area contributed by atoms with Crippen LogP contribution in [0.1, 0.15) is 10.6 Å². The Morgan fingerprint density at radius 1 is 1.09 bits per heavy atom. The number of allylic oxidation sites excluding steroid dienone is 2. The minimum Gasteiger partial charge on any atom is -0.454 e. The number of pyridine rings is 1. The van der Waals surface area contributed by atoms with Gasteiger partial charge < -0.3 is 9.47 Å². The van der Waals surface area contributed by atoms with Gasteiger partial charge in [0.25, 0.3) is 0 Å². The standard InChI is InChI=1S/C17H11BrN2O2S/c18-12-8-13-17(19-9-12)23-16(20-13)4-2-1-3-11-5-6-14-15(7-11)22-10-21-14/h1-9H,10H2/b3-1+,4-2+. The molecule has 0 bridgehead atoms. The number of fused-ring (bicyclic) bond motifs is 2. The van der Waals surface area contributed by atoms with Crippen molar-refractivity contribution in [3.63, 3.8) is 0 Å². The maximum Gasteiger partial charge on any atom is 0.231 e. The van der Waals surface area contributed by atoms with E-state index in [1.165, 1.54) is 0 Å². The third-order valence-electron chi connectivity index (χ3n) is 3.27. The molecule has 1 aromatic carbocycles. The zero-order valence-corrected chi connectivity index (χ0v) is 14.3. The van der Waals surface area contributed by atoms with Crippen LogP contribution in [0.15, 0.2) is 47.1 Å². The third-order valence-corrected chi connectivity index (χ3v) is 4.64. The lowest BCUT2D eigenvalue weighted by atomic mass is 10.2. The monoisotopic (exact) mass is 386 g/mol. The summed E-state index contributed by atoms with van der Waals surface area (Å²) in [5.41, 5.74) is 1.97. The first kappa shape index (κ1) is 14.4. The molecule has 0 aliphatic carbocycles. The minimum atomic E-state index is 0.296. The Labute approximate surface area is 145 Å². The summed E-state index contributed by atoms with van der Waals surface area (Å²) in [7, 11) is 0. The Hall–Kier alpha value is -2.18. The Bertz CT molecular complexity index is 933. The van der Waals surface area contributed by atoms with Crippen molar-refractivity contribution in [1.29, 1.82) is 0 Å². The third kappa shape index (κ3) is 3.13. The summed E-state index contributed by atoms with van der Waals surface area (Å²) in [6.45, 7) is 0.296. The molecule has 1 aliphatic heterocycles. The molecule has 23 heavy (non-hydrogen) atoms. The van der Waals surface area contributed by atoms with Gasteiger partial charge in [0.15, 0.2) is 11.5 Å². The molecule has 2 aromatic heterocycles. The van der Waals surface area contributed by atoms with Crippen molar-refractivity contribution >= 4 is 49.8 Å². The smallest absolute Gasteiger partial charge is 0.231 e. The number of halogens is 1.